The van der Waals surface area contributed by atoms with Crippen molar-refractivity contribution in [3.05, 3.63) is 48.8 Å². The van der Waals surface area contributed by atoms with Crippen LogP contribution in [0.25, 0.3) is 0 Å². The van der Waals surface area contributed by atoms with E-state index in [1.54, 1.807) is 11.3 Å². The zero-order chi connectivity index (χ0) is 14.0. The van der Waals surface area contributed by atoms with Gasteiger partial charge in [-0.2, -0.15) is 0 Å². The number of rotatable bonds is 4. The van der Waals surface area contributed by atoms with E-state index in [0.717, 1.165) is 19.6 Å². The third-order valence-electron chi connectivity index (χ3n) is 2.94. The Balaban J connectivity index is 2.10. The third-order valence-corrected chi connectivity index (χ3v) is 5.26. The molecule has 1 aromatic heterocycles. The fourth-order valence-corrected chi connectivity index (χ4v) is 4.16. The van der Waals surface area contributed by atoms with Crippen LogP contribution in [0.1, 0.15) is 42.2 Å². The number of nitrogens with one attached hydrogen (secondary N) is 1. The van der Waals surface area contributed by atoms with E-state index in [2.05, 4.69) is 79.6 Å². The molecule has 1 heterocycles. The van der Waals surface area contributed by atoms with Gasteiger partial charge in [0.15, 0.2) is 0 Å². The highest BCUT2D eigenvalue weighted by atomic mass is 79.9. The zero-order valence-corrected chi connectivity index (χ0v) is 15.1. The molecule has 0 bridgehead atoms. The van der Waals surface area contributed by atoms with Gasteiger partial charge in [-0.15, -0.1) is 11.3 Å². The quantitative estimate of drug-likeness (QED) is 0.740. The van der Waals surface area contributed by atoms with Gasteiger partial charge in [0.25, 0.3) is 0 Å². The van der Waals surface area contributed by atoms with Crippen molar-refractivity contribution < 1.29 is 0 Å². The molecule has 2 atom stereocenters. The summed E-state index contributed by atoms with van der Waals surface area (Å²) < 4.78 is 2.20. The Morgan fingerprint density at radius 2 is 1.95 bits per heavy atom. The average Bonchev–Trinajstić information content (AvgIpc) is 2.75. The lowest BCUT2D eigenvalue weighted by molar-refractivity contribution is 0.491. The highest BCUT2D eigenvalue weighted by molar-refractivity contribution is 9.11. The molecule has 0 saturated heterocycles. The molecule has 2 unspecified atom stereocenters. The fraction of sp³-hybridized carbons (Fsp3) is 0.357. The molecule has 102 valence electrons. The number of benzene rings is 1. The molecule has 0 saturated carbocycles. The summed E-state index contributed by atoms with van der Waals surface area (Å²) in [5.41, 5.74) is 2.34. The Morgan fingerprint density at radius 3 is 2.53 bits per heavy atom. The highest BCUT2D eigenvalue weighted by Gasteiger charge is 2.15. The molecule has 0 radical (unpaired) electrons. The van der Waals surface area contributed by atoms with Gasteiger partial charge in [0.05, 0.1) is 6.04 Å². The molecule has 0 fully saturated rings. The first kappa shape index (κ1) is 15.2. The summed E-state index contributed by atoms with van der Waals surface area (Å²) in [5, 5.41) is 6.82. The SMILES string of the molecule is Cc1csc(C(C)NC(C)c2ccc(Br)cc2Br)n1. The lowest BCUT2D eigenvalue weighted by Crippen LogP contribution is -2.22. The van der Waals surface area contributed by atoms with E-state index in [9.17, 15) is 0 Å². The van der Waals surface area contributed by atoms with Gasteiger partial charge >= 0.3 is 0 Å². The van der Waals surface area contributed by atoms with Crippen molar-refractivity contribution in [3.63, 3.8) is 0 Å². The molecule has 0 spiro atoms. The number of hydrogen-bond donors (Lipinski definition) is 1. The molecular formula is C14H16Br2N2S. The lowest BCUT2D eigenvalue weighted by atomic mass is 10.1. The van der Waals surface area contributed by atoms with Crippen molar-refractivity contribution in [2.24, 2.45) is 0 Å². The number of halogens is 2. The summed E-state index contributed by atoms with van der Waals surface area (Å²) in [5.74, 6) is 0. The van der Waals surface area contributed by atoms with Crippen LogP contribution in [0.4, 0.5) is 0 Å². The van der Waals surface area contributed by atoms with Crippen LogP contribution in [0.3, 0.4) is 0 Å². The highest BCUT2D eigenvalue weighted by Crippen LogP contribution is 2.29. The van der Waals surface area contributed by atoms with Gasteiger partial charge in [-0.25, -0.2) is 4.98 Å². The number of hydrogen-bond acceptors (Lipinski definition) is 3. The topological polar surface area (TPSA) is 24.9 Å². The molecule has 0 aliphatic rings. The molecule has 2 nitrogen and oxygen atoms in total. The molecule has 0 aliphatic carbocycles. The molecular weight excluding hydrogens is 388 g/mol. The summed E-state index contributed by atoms with van der Waals surface area (Å²) in [7, 11) is 0. The van der Waals surface area contributed by atoms with Crippen molar-refractivity contribution >= 4 is 43.2 Å². The van der Waals surface area contributed by atoms with Crippen LogP contribution >= 0.6 is 43.2 Å². The van der Waals surface area contributed by atoms with Crippen LogP contribution in [-0.4, -0.2) is 4.98 Å². The average molecular weight is 404 g/mol. The number of aryl methyl sites for hydroxylation is 1. The zero-order valence-electron chi connectivity index (χ0n) is 11.1. The van der Waals surface area contributed by atoms with Gasteiger partial charge in [0, 0.05) is 26.1 Å². The van der Waals surface area contributed by atoms with E-state index < -0.39 is 0 Å². The van der Waals surface area contributed by atoms with E-state index in [4.69, 9.17) is 0 Å². The fourth-order valence-electron chi connectivity index (χ4n) is 1.96. The first-order valence-electron chi connectivity index (χ1n) is 6.10. The summed E-state index contributed by atoms with van der Waals surface area (Å²) in [6.07, 6.45) is 0. The second-order valence-corrected chi connectivity index (χ2v) is 7.26. The van der Waals surface area contributed by atoms with Crippen molar-refractivity contribution in [2.45, 2.75) is 32.9 Å². The summed E-state index contributed by atoms with van der Waals surface area (Å²) in [4.78, 5) is 4.53. The van der Waals surface area contributed by atoms with Crippen LogP contribution in [0.2, 0.25) is 0 Å². The molecule has 1 aromatic carbocycles. The largest absolute Gasteiger partial charge is 0.301 e. The molecule has 0 aliphatic heterocycles. The van der Waals surface area contributed by atoms with E-state index in [1.807, 2.05) is 6.92 Å². The maximum atomic E-state index is 4.53. The maximum Gasteiger partial charge on any atom is 0.110 e. The van der Waals surface area contributed by atoms with Crippen LogP contribution in [0, 0.1) is 6.92 Å². The van der Waals surface area contributed by atoms with Crippen molar-refractivity contribution in [3.8, 4) is 0 Å². The number of thiazole rings is 1. The Bertz CT molecular complexity index is 568. The minimum atomic E-state index is 0.254. The summed E-state index contributed by atoms with van der Waals surface area (Å²) in [6, 6.07) is 6.79. The van der Waals surface area contributed by atoms with Crippen molar-refractivity contribution in [1.29, 1.82) is 0 Å². The Kier molecular flexibility index (Phi) is 5.17. The predicted molar refractivity (Wildman–Crippen MR) is 88.7 cm³/mol. The smallest absolute Gasteiger partial charge is 0.110 e. The van der Waals surface area contributed by atoms with Crippen LogP contribution < -0.4 is 5.32 Å². The molecule has 2 rings (SSSR count). The predicted octanol–water partition coefficient (Wildman–Crippen LogP) is 5.39. The van der Waals surface area contributed by atoms with E-state index >= 15 is 0 Å². The first-order valence-corrected chi connectivity index (χ1v) is 8.57. The lowest BCUT2D eigenvalue weighted by Gasteiger charge is -2.20. The van der Waals surface area contributed by atoms with Gasteiger partial charge in [0.1, 0.15) is 5.01 Å². The molecule has 1 N–H and O–H groups in total. The second-order valence-electron chi connectivity index (χ2n) is 4.60. The summed E-state index contributed by atoms with van der Waals surface area (Å²) >= 11 is 8.80. The molecule has 2 aromatic rings. The van der Waals surface area contributed by atoms with Gasteiger partial charge < -0.3 is 5.32 Å². The Morgan fingerprint density at radius 1 is 1.21 bits per heavy atom. The molecule has 5 heteroatoms. The Hall–Kier alpha value is -0.230. The van der Waals surface area contributed by atoms with Crippen LogP contribution in [-0.2, 0) is 0 Å². The van der Waals surface area contributed by atoms with E-state index in [0.29, 0.717) is 0 Å². The third kappa shape index (κ3) is 3.88. The Labute approximate surface area is 134 Å². The van der Waals surface area contributed by atoms with Crippen LogP contribution in [0.15, 0.2) is 32.5 Å². The summed E-state index contributed by atoms with van der Waals surface area (Å²) in [6.45, 7) is 6.36. The van der Waals surface area contributed by atoms with Gasteiger partial charge in [-0.3, -0.25) is 0 Å². The van der Waals surface area contributed by atoms with Gasteiger partial charge in [0.2, 0.25) is 0 Å². The van der Waals surface area contributed by atoms with Crippen LogP contribution in [0.5, 0.6) is 0 Å². The minimum Gasteiger partial charge on any atom is -0.301 e. The first-order chi connectivity index (χ1) is 8.97. The van der Waals surface area contributed by atoms with E-state index in [1.165, 1.54) is 5.56 Å². The minimum absolute atomic E-state index is 0.254. The van der Waals surface area contributed by atoms with Gasteiger partial charge in [-0.05, 0) is 38.5 Å². The standard InChI is InChI=1S/C14H16Br2N2S/c1-8-7-19-14(17-8)10(3)18-9(2)12-5-4-11(15)6-13(12)16/h4-7,9-10,18H,1-3H3. The maximum absolute atomic E-state index is 4.53. The normalized spacial score (nSPS) is 14.4. The monoisotopic (exact) mass is 402 g/mol. The second kappa shape index (κ2) is 6.48. The number of aromatic nitrogens is 1. The number of nitrogens with zero attached hydrogens (tertiary/aromatic N) is 1. The molecule has 0 amide bonds. The van der Waals surface area contributed by atoms with Crippen molar-refractivity contribution in [2.75, 3.05) is 0 Å². The van der Waals surface area contributed by atoms with E-state index in [-0.39, 0.29) is 12.1 Å². The van der Waals surface area contributed by atoms with Crippen molar-refractivity contribution in [1.82, 2.24) is 10.3 Å². The molecule has 19 heavy (non-hydrogen) atoms. The van der Waals surface area contributed by atoms with Gasteiger partial charge in [-0.1, -0.05) is 37.9 Å².